The molecule has 0 aliphatic carbocycles. The highest BCUT2D eigenvalue weighted by molar-refractivity contribution is 5.91. The van der Waals surface area contributed by atoms with Gasteiger partial charge in [-0.2, -0.15) is 0 Å². The standard InChI is InChI=1S/C17H21NO5/c1-3-21-13-4-6-14(7-5-13)22-12-15-8-9-16(23-15)17(19)18-10-11-20-2/h4-9H,3,10-12H2,1-2H3,(H,18,19). The van der Waals surface area contributed by atoms with E-state index < -0.39 is 0 Å². The van der Waals surface area contributed by atoms with Gasteiger partial charge in [0.2, 0.25) is 0 Å². The third-order valence-corrected chi connectivity index (χ3v) is 2.99. The molecule has 23 heavy (non-hydrogen) atoms. The van der Waals surface area contributed by atoms with Crippen LogP contribution in [0, 0.1) is 0 Å². The Morgan fingerprint density at radius 2 is 1.78 bits per heavy atom. The average molecular weight is 319 g/mol. The maximum absolute atomic E-state index is 11.8. The van der Waals surface area contributed by atoms with E-state index in [1.165, 1.54) is 0 Å². The fourth-order valence-electron chi connectivity index (χ4n) is 1.88. The molecular weight excluding hydrogens is 298 g/mol. The Labute approximate surface area is 135 Å². The largest absolute Gasteiger partial charge is 0.494 e. The number of furan rings is 1. The van der Waals surface area contributed by atoms with E-state index in [2.05, 4.69) is 5.32 Å². The van der Waals surface area contributed by atoms with Crippen LogP contribution in [0.3, 0.4) is 0 Å². The van der Waals surface area contributed by atoms with Crippen molar-refractivity contribution < 1.29 is 23.4 Å². The van der Waals surface area contributed by atoms with Crippen molar-refractivity contribution >= 4 is 5.91 Å². The van der Waals surface area contributed by atoms with Crippen LogP contribution in [0.1, 0.15) is 23.2 Å². The van der Waals surface area contributed by atoms with Crippen LogP contribution < -0.4 is 14.8 Å². The monoisotopic (exact) mass is 319 g/mol. The lowest BCUT2D eigenvalue weighted by Crippen LogP contribution is -2.26. The van der Waals surface area contributed by atoms with Gasteiger partial charge in [-0.25, -0.2) is 0 Å². The first-order chi connectivity index (χ1) is 11.2. The fraction of sp³-hybridized carbons (Fsp3) is 0.353. The molecular formula is C17H21NO5. The van der Waals surface area contributed by atoms with Crippen molar-refractivity contribution in [1.29, 1.82) is 0 Å². The van der Waals surface area contributed by atoms with Crippen LogP contribution in [0.5, 0.6) is 11.5 Å². The second-order valence-electron chi connectivity index (χ2n) is 4.71. The number of nitrogens with one attached hydrogen (secondary N) is 1. The van der Waals surface area contributed by atoms with Gasteiger partial charge in [0.25, 0.3) is 5.91 Å². The minimum Gasteiger partial charge on any atom is -0.494 e. The highest BCUT2D eigenvalue weighted by atomic mass is 16.5. The smallest absolute Gasteiger partial charge is 0.287 e. The summed E-state index contributed by atoms with van der Waals surface area (Å²) in [7, 11) is 1.58. The molecule has 124 valence electrons. The molecule has 1 amide bonds. The van der Waals surface area contributed by atoms with Crippen LogP contribution in [0.2, 0.25) is 0 Å². The Balaban J connectivity index is 1.83. The molecule has 1 heterocycles. The van der Waals surface area contributed by atoms with E-state index in [4.69, 9.17) is 18.6 Å². The second-order valence-corrected chi connectivity index (χ2v) is 4.71. The van der Waals surface area contributed by atoms with E-state index in [0.29, 0.717) is 31.3 Å². The van der Waals surface area contributed by atoms with Gasteiger partial charge in [-0.15, -0.1) is 0 Å². The molecule has 1 aromatic heterocycles. The normalized spacial score (nSPS) is 10.3. The molecule has 1 N–H and O–H groups in total. The summed E-state index contributed by atoms with van der Waals surface area (Å²) in [5, 5.41) is 2.69. The Hall–Kier alpha value is -2.47. The van der Waals surface area contributed by atoms with Gasteiger partial charge >= 0.3 is 0 Å². The minimum absolute atomic E-state index is 0.249. The van der Waals surface area contributed by atoms with E-state index >= 15 is 0 Å². The molecule has 0 radical (unpaired) electrons. The predicted molar refractivity (Wildman–Crippen MR) is 84.9 cm³/mol. The van der Waals surface area contributed by atoms with Crippen molar-refractivity contribution in [2.75, 3.05) is 26.9 Å². The molecule has 0 atom stereocenters. The summed E-state index contributed by atoms with van der Waals surface area (Å²) >= 11 is 0. The van der Waals surface area contributed by atoms with E-state index in [-0.39, 0.29) is 18.3 Å². The third kappa shape index (κ3) is 5.34. The van der Waals surface area contributed by atoms with Crippen molar-refractivity contribution in [2.45, 2.75) is 13.5 Å². The Morgan fingerprint density at radius 3 is 2.43 bits per heavy atom. The summed E-state index contributed by atoms with van der Waals surface area (Å²) in [5.41, 5.74) is 0. The molecule has 2 aromatic rings. The summed E-state index contributed by atoms with van der Waals surface area (Å²) in [6.45, 7) is 3.71. The second kappa shape index (κ2) is 8.85. The van der Waals surface area contributed by atoms with Crippen molar-refractivity contribution in [3.63, 3.8) is 0 Å². The molecule has 0 fully saturated rings. The van der Waals surface area contributed by atoms with Crippen LogP contribution >= 0.6 is 0 Å². The number of carbonyl (C=O) groups is 1. The molecule has 0 spiro atoms. The SMILES string of the molecule is CCOc1ccc(OCc2ccc(C(=O)NCCOC)o2)cc1. The number of amides is 1. The Kier molecular flexibility index (Phi) is 6.50. The predicted octanol–water partition coefficient (Wildman–Crippen LogP) is 2.63. The van der Waals surface area contributed by atoms with Gasteiger partial charge in [0.1, 0.15) is 23.9 Å². The zero-order chi connectivity index (χ0) is 16.5. The number of benzene rings is 1. The number of rotatable bonds is 9. The first kappa shape index (κ1) is 16.9. The number of methoxy groups -OCH3 is 1. The van der Waals surface area contributed by atoms with Gasteiger partial charge in [0, 0.05) is 13.7 Å². The highest BCUT2D eigenvalue weighted by Gasteiger charge is 2.10. The zero-order valence-corrected chi connectivity index (χ0v) is 13.3. The van der Waals surface area contributed by atoms with Gasteiger partial charge < -0.3 is 23.9 Å². The van der Waals surface area contributed by atoms with E-state index in [1.54, 1.807) is 19.2 Å². The van der Waals surface area contributed by atoms with E-state index in [0.717, 1.165) is 5.75 Å². The first-order valence-electron chi connectivity index (χ1n) is 7.44. The van der Waals surface area contributed by atoms with Gasteiger partial charge in [0.05, 0.1) is 13.2 Å². The van der Waals surface area contributed by atoms with Crippen LogP contribution in [-0.2, 0) is 11.3 Å². The highest BCUT2D eigenvalue weighted by Crippen LogP contribution is 2.19. The number of carbonyl (C=O) groups excluding carboxylic acids is 1. The summed E-state index contributed by atoms with van der Waals surface area (Å²) < 4.78 is 21.3. The molecule has 0 saturated heterocycles. The van der Waals surface area contributed by atoms with Gasteiger partial charge in [-0.3, -0.25) is 4.79 Å². The quantitative estimate of drug-likeness (QED) is 0.720. The molecule has 0 bridgehead atoms. The number of hydrogen-bond acceptors (Lipinski definition) is 5. The lowest BCUT2D eigenvalue weighted by molar-refractivity contribution is 0.0905. The lowest BCUT2D eigenvalue weighted by Gasteiger charge is -2.06. The zero-order valence-electron chi connectivity index (χ0n) is 13.3. The molecule has 1 aromatic carbocycles. The first-order valence-corrected chi connectivity index (χ1v) is 7.44. The topological polar surface area (TPSA) is 69.9 Å². The summed E-state index contributed by atoms with van der Waals surface area (Å²) in [6, 6.07) is 10.7. The fourth-order valence-corrected chi connectivity index (χ4v) is 1.88. The summed E-state index contributed by atoms with van der Waals surface area (Å²) in [6.07, 6.45) is 0. The van der Waals surface area contributed by atoms with Crippen LogP contribution in [0.15, 0.2) is 40.8 Å². The molecule has 0 unspecified atom stereocenters. The van der Waals surface area contributed by atoms with Crippen molar-refractivity contribution in [3.8, 4) is 11.5 Å². The molecule has 6 heteroatoms. The van der Waals surface area contributed by atoms with Gasteiger partial charge in [-0.05, 0) is 43.3 Å². The minimum atomic E-state index is -0.269. The Morgan fingerprint density at radius 1 is 1.09 bits per heavy atom. The maximum atomic E-state index is 11.8. The van der Waals surface area contributed by atoms with Crippen LogP contribution in [-0.4, -0.2) is 32.8 Å². The number of ether oxygens (including phenoxy) is 3. The Bertz CT molecular complexity index is 606. The summed E-state index contributed by atoms with van der Waals surface area (Å²) in [5.74, 6) is 2.07. The van der Waals surface area contributed by atoms with Gasteiger partial charge in [-0.1, -0.05) is 0 Å². The molecule has 6 nitrogen and oxygen atoms in total. The van der Waals surface area contributed by atoms with Crippen molar-refractivity contribution in [2.24, 2.45) is 0 Å². The molecule has 0 saturated carbocycles. The molecule has 2 rings (SSSR count). The van der Waals surface area contributed by atoms with Gasteiger partial charge in [0.15, 0.2) is 5.76 Å². The maximum Gasteiger partial charge on any atom is 0.287 e. The number of hydrogen-bond donors (Lipinski definition) is 1. The summed E-state index contributed by atoms with van der Waals surface area (Å²) in [4.78, 5) is 11.8. The van der Waals surface area contributed by atoms with E-state index in [1.807, 2.05) is 31.2 Å². The van der Waals surface area contributed by atoms with Crippen molar-refractivity contribution in [1.82, 2.24) is 5.32 Å². The van der Waals surface area contributed by atoms with Crippen LogP contribution in [0.25, 0.3) is 0 Å². The van der Waals surface area contributed by atoms with E-state index in [9.17, 15) is 4.79 Å². The molecule has 0 aliphatic rings. The van der Waals surface area contributed by atoms with Crippen LogP contribution in [0.4, 0.5) is 0 Å². The molecule has 0 aliphatic heterocycles. The van der Waals surface area contributed by atoms with Crippen molar-refractivity contribution in [3.05, 3.63) is 47.9 Å². The lowest BCUT2D eigenvalue weighted by atomic mass is 10.3. The third-order valence-electron chi connectivity index (χ3n) is 2.99. The average Bonchev–Trinajstić information content (AvgIpc) is 3.04.